The third-order valence-electron chi connectivity index (χ3n) is 3.58. The van der Waals surface area contributed by atoms with Crippen molar-refractivity contribution in [3.8, 4) is 0 Å². The van der Waals surface area contributed by atoms with Gasteiger partial charge in [-0.2, -0.15) is 0 Å². The second kappa shape index (κ2) is 7.70. The summed E-state index contributed by atoms with van der Waals surface area (Å²) in [4.78, 5) is 26.6. The van der Waals surface area contributed by atoms with Crippen LogP contribution in [0.1, 0.15) is 10.4 Å². The monoisotopic (exact) mass is 303 g/mol. The Morgan fingerprint density at radius 3 is 2.59 bits per heavy atom. The molecule has 1 fully saturated rings. The molecule has 0 aromatic heterocycles. The average molecular weight is 303 g/mol. The minimum absolute atomic E-state index is 0.395. The van der Waals surface area contributed by atoms with E-state index in [1.165, 1.54) is 0 Å². The van der Waals surface area contributed by atoms with Crippen LogP contribution in [0.4, 0.5) is 5.69 Å². The quantitative estimate of drug-likeness (QED) is 0.697. The number of hydrogen-bond donors (Lipinski definition) is 2. The Morgan fingerprint density at radius 1 is 1.23 bits per heavy atom. The fraction of sp³-hybridized carbons (Fsp3) is 0.429. The van der Waals surface area contributed by atoms with Crippen molar-refractivity contribution in [1.82, 2.24) is 10.2 Å². The molecular weight excluding hydrogens is 285 g/mol. The molecule has 1 heterocycles. The van der Waals surface area contributed by atoms with E-state index in [0.29, 0.717) is 12.0 Å². The number of anilines is 1. The molecule has 7 nitrogen and oxygen atoms in total. The van der Waals surface area contributed by atoms with Gasteiger partial charge in [-0.05, 0) is 0 Å². The van der Waals surface area contributed by atoms with E-state index in [0.717, 1.165) is 39.0 Å². The summed E-state index contributed by atoms with van der Waals surface area (Å²) < 4.78 is 10.5. The number of carbonyl (C=O) groups excluding carboxylic acids is 1. The molecule has 0 atom stereocenters. The van der Waals surface area contributed by atoms with Gasteiger partial charge in [-0.25, -0.2) is 0 Å². The fourth-order valence-electron chi connectivity index (χ4n) is 2.40. The van der Waals surface area contributed by atoms with Gasteiger partial charge in [0.1, 0.15) is 0 Å². The third-order valence-corrected chi connectivity index (χ3v) is 3.58. The number of aliphatic carboxylic acids is 1. The molecule has 2 N–H and O–H groups in total. The number of piperazine rings is 1. The number of nitrogens with zero attached hydrogens (tertiary/aromatic N) is 2. The van der Waals surface area contributed by atoms with Crippen LogP contribution < -0.4 is 10.2 Å². The second-order valence-electron chi connectivity index (χ2n) is 5.08. The first-order valence-electron chi connectivity index (χ1n) is 7.11. The second-order valence-corrected chi connectivity index (χ2v) is 5.08. The molecule has 1 aromatic carbocycles. The Balaban J connectivity index is 1.98. The number of rotatable bonds is 6. The van der Waals surface area contributed by atoms with Crippen LogP contribution in [-0.2, 0) is 9.50 Å². The summed E-state index contributed by atoms with van der Waals surface area (Å²) in [6.07, 6.45) is 0.450. The third kappa shape index (κ3) is 4.39. The molecule has 22 heavy (non-hydrogen) atoms. The van der Waals surface area contributed by atoms with E-state index in [-0.39, 0.29) is 0 Å². The first-order valence-corrected chi connectivity index (χ1v) is 7.11. The molecule has 0 saturated carbocycles. The van der Waals surface area contributed by atoms with Crippen molar-refractivity contribution in [2.24, 2.45) is 0 Å². The summed E-state index contributed by atoms with van der Waals surface area (Å²) in [6, 6.07) is 7.11. The van der Waals surface area contributed by atoms with Gasteiger partial charge in [0.15, 0.2) is 0 Å². The van der Waals surface area contributed by atoms with Crippen LogP contribution in [0.2, 0.25) is 0 Å². The molecule has 0 unspecified atom stereocenters. The Morgan fingerprint density at radius 2 is 1.95 bits per heavy atom. The number of carboxylic acids is 1. The molecule has 1 aliphatic heterocycles. The molecule has 0 aliphatic carbocycles. The van der Waals surface area contributed by atoms with Crippen LogP contribution in [0.25, 0.3) is 0 Å². The molecule has 1 aromatic rings. The van der Waals surface area contributed by atoms with Crippen LogP contribution in [0.15, 0.2) is 24.3 Å². The van der Waals surface area contributed by atoms with Gasteiger partial charge in [0.05, 0.1) is 0 Å². The van der Waals surface area contributed by atoms with Crippen LogP contribution in [0.3, 0.4) is 0 Å². The normalized spacial score (nSPS) is 15.2. The van der Waals surface area contributed by atoms with Gasteiger partial charge in [-0.1, -0.05) is 0 Å². The summed E-state index contributed by atoms with van der Waals surface area (Å²) in [5, 5.41) is 10.9. The van der Waals surface area contributed by atoms with Crippen molar-refractivity contribution in [1.29, 1.82) is 0 Å². The summed E-state index contributed by atoms with van der Waals surface area (Å²) in [5.41, 5.74) is 1.36. The Labute approximate surface area is 129 Å². The molecule has 1 saturated heterocycles. The molecule has 0 spiro atoms. The number of benzene rings is 1. The van der Waals surface area contributed by atoms with E-state index in [2.05, 4.69) is 15.1 Å². The predicted molar refractivity (Wildman–Crippen MR) is 81.5 cm³/mol. The van der Waals surface area contributed by atoms with Gasteiger partial charge in [0.2, 0.25) is 0 Å². The zero-order valence-corrected chi connectivity index (χ0v) is 12.2. The van der Waals surface area contributed by atoms with E-state index in [1.54, 1.807) is 18.2 Å². The zero-order chi connectivity index (χ0) is 15.9. The molecule has 0 radical (unpaired) electrons. The maximum absolute atomic E-state index is 11.9. The summed E-state index contributed by atoms with van der Waals surface area (Å²) in [5.74, 6) is -1.47. The molecular formula is C14H18BN3O4. The van der Waals surface area contributed by atoms with Gasteiger partial charge in [-0.15, -0.1) is 0 Å². The molecule has 1 amide bonds. The SMILES string of the molecule is O=BCN1CCN(c2cccc(C(=O)NCC(=O)O)c2)CC1. The van der Waals surface area contributed by atoms with E-state index in [9.17, 15) is 14.3 Å². The number of nitrogens with one attached hydrogen (secondary N) is 1. The van der Waals surface area contributed by atoms with Gasteiger partial charge < -0.3 is 5.11 Å². The van der Waals surface area contributed by atoms with E-state index in [4.69, 9.17) is 5.11 Å². The molecule has 1 aliphatic rings. The number of carbonyl (C=O) groups is 2. The van der Waals surface area contributed by atoms with Crippen molar-refractivity contribution in [3.05, 3.63) is 29.8 Å². The van der Waals surface area contributed by atoms with Crippen molar-refractivity contribution in [2.45, 2.75) is 0 Å². The predicted octanol–water partition coefficient (Wildman–Crippen LogP) is -0.370. The Bertz CT molecular complexity index is 559. The number of hydrogen-bond acceptors (Lipinski definition) is 5. The number of amides is 1. The summed E-state index contributed by atoms with van der Waals surface area (Å²) >= 11 is 0. The fourth-order valence-corrected chi connectivity index (χ4v) is 2.40. The average Bonchev–Trinajstić information content (AvgIpc) is 2.54. The topological polar surface area (TPSA) is 90.0 Å². The molecule has 2 rings (SSSR count). The minimum atomic E-state index is -1.07. The first kappa shape index (κ1) is 16.2. The van der Waals surface area contributed by atoms with Crippen LogP contribution in [0.5, 0.6) is 0 Å². The molecule has 116 valence electrons. The van der Waals surface area contributed by atoms with Crippen molar-refractivity contribution in [3.63, 3.8) is 0 Å². The summed E-state index contributed by atoms with van der Waals surface area (Å²) in [6.45, 7) is 2.78. The van der Waals surface area contributed by atoms with Gasteiger partial charge in [0, 0.05) is 0 Å². The van der Waals surface area contributed by atoms with Crippen LogP contribution in [-0.4, -0.2) is 68.2 Å². The van der Waals surface area contributed by atoms with Crippen LogP contribution >= 0.6 is 0 Å². The summed E-state index contributed by atoms with van der Waals surface area (Å²) in [7, 11) is 0.906. The van der Waals surface area contributed by atoms with E-state index >= 15 is 0 Å². The van der Waals surface area contributed by atoms with Gasteiger partial charge in [0.25, 0.3) is 0 Å². The standard InChI is InChI=1S/C14H18BN3O4/c19-13(20)9-16-14(21)11-2-1-3-12(8-11)18-6-4-17(5-7-18)10-15-22/h1-3,8H,4-7,9-10H2,(H,16,21)(H,19,20). The van der Waals surface area contributed by atoms with Gasteiger partial charge in [-0.3, -0.25) is 4.79 Å². The van der Waals surface area contributed by atoms with E-state index < -0.39 is 18.4 Å². The maximum atomic E-state index is 11.9. The van der Waals surface area contributed by atoms with Crippen molar-refractivity contribution < 1.29 is 19.4 Å². The van der Waals surface area contributed by atoms with Crippen molar-refractivity contribution in [2.75, 3.05) is 44.1 Å². The van der Waals surface area contributed by atoms with Crippen LogP contribution in [0, 0.1) is 0 Å². The van der Waals surface area contributed by atoms with Crippen molar-refractivity contribution >= 4 is 24.7 Å². The van der Waals surface area contributed by atoms with E-state index in [1.807, 2.05) is 6.07 Å². The number of carboxylic acid groups (broad SMARTS) is 1. The first-order chi connectivity index (χ1) is 10.6. The molecule has 0 bridgehead atoms. The van der Waals surface area contributed by atoms with Gasteiger partial charge >= 0.3 is 118 Å². The molecule has 8 heteroatoms. The Hall–Kier alpha value is -2.22. The zero-order valence-electron chi connectivity index (χ0n) is 12.2. The Kier molecular flexibility index (Phi) is 5.65.